The molecule has 0 saturated carbocycles. The van der Waals surface area contributed by atoms with E-state index in [1.54, 1.807) is 36.4 Å². The molecular formula is C17H11ClO5. The van der Waals surface area contributed by atoms with Gasteiger partial charge >= 0.3 is 11.6 Å². The number of rotatable bonds is 3. The van der Waals surface area contributed by atoms with Crippen LogP contribution in [0.5, 0.6) is 5.75 Å². The van der Waals surface area contributed by atoms with Crippen molar-refractivity contribution in [1.82, 2.24) is 0 Å². The highest BCUT2D eigenvalue weighted by molar-refractivity contribution is 6.30. The second-order valence-corrected chi connectivity index (χ2v) is 5.26. The highest BCUT2D eigenvalue weighted by atomic mass is 35.5. The van der Waals surface area contributed by atoms with Gasteiger partial charge in [-0.05, 0) is 42.0 Å². The molecule has 0 aliphatic rings. The Morgan fingerprint density at radius 1 is 1.17 bits per heavy atom. The summed E-state index contributed by atoms with van der Waals surface area (Å²) in [5.41, 5.74) is -0.0548. The molecule has 0 spiro atoms. The molecule has 0 fully saturated rings. The summed E-state index contributed by atoms with van der Waals surface area (Å²) in [5.74, 6) is -0.608. The smallest absolute Gasteiger partial charge is 0.351 e. The predicted molar refractivity (Wildman–Crippen MR) is 84.8 cm³/mol. The lowest BCUT2D eigenvalue weighted by atomic mass is 10.1. The second kappa shape index (κ2) is 6.24. The molecule has 3 rings (SSSR count). The van der Waals surface area contributed by atoms with E-state index in [4.69, 9.17) is 25.9 Å². The van der Waals surface area contributed by atoms with Crippen LogP contribution in [0.4, 0.5) is 0 Å². The molecule has 0 aliphatic carbocycles. The number of carbonyl (C=O) groups is 1. The zero-order valence-corrected chi connectivity index (χ0v) is 12.5. The number of hydrogen-bond donors (Lipinski definition) is 1. The first-order valence-electron chi connectivity index (χ1n) is 6.72. The highest BCUT2D eigenvalue weighted by Gasteiger charge is 2.16. The first-order chi connectivity index (χ1) is 11.1. The Morgan fingerprint density at radius 3 is 2.74 bits per heavy atom. The number of carbonyl (C=O) groups excluding carboxylic acids is 1. The first-order valence-corrected chi connectivity index (χ1v) is 7.10. The van der Waals surface area contributed by atoms with Gasteiger partial charge in [-0.2, -0.15) is 0 Å². The monoisotopic (exact) mass is 330 g/mol. The number of aliphatic hydroxyl groups is 1. The van der Waals surface area contributed by atoms with Gasteiger partial charge in [-0.25, -0.2) is 9.59 Å². The highest BCUT2D eigenvalue weighted by Crippen LogP contribution is 2.20. The fraction of sp³-hybridized carbons (Fsp3) is 0.0588. The molecule has 1 N–H and O–H groups in total. The molecule has 0 amide bonds. The van der Waals surface area contributed by atoms with Crippen LogP contribution in [0.3, 0.4) is 0 Å². The standard InChI is InChI=1S/C17H11ClO5/c18-12-2-1-3-13(8-12)22-16(20)14-7-11-6-10(9-19)4-5-15(11)23-17(14)21/h1-8,19H,9H2. The molecule has 116 valence electrons. The molecule has 0 aliphatic heterocycles. The van der Waals surface area contributed by atoms with Gasteiger partial charge in [-0.1, -0.05) is 23.7 Å². The zero-order valence-electron chi connectivity index (χ0n) is 11.8. The maximum absolute atomic E-state index is 12.2. The van der Waals surface area contributed by atoms with Crippen LogP contribution in [0.15, 0.2) is 57.7 Å². The summed E-state index contributed by atoms with van der Waals surface area (Å²) in [4.78, 5) is 24.1. The van der Waals surface area contributed by atoms with E-state index in [0.29, 0.717) is 21.6 Å². The van der Waals surface area contributed by atoms with Crippen molar-refractivity contribution in [3.8, 4) is 5.75 Å². The van der Waals surface area contributed by atoms with E-state index in [-0.39, 0.29) is 17.9 Å². The molecule has 0 saturated heterocycles. The average molecular weight is 331 g/mol. The number of fused-ring (bicyclic) bond motifs is 1. The van der Waals surface area contributed by atoms with Crippen LogP contribution in [0.25, 0.3) is 11.0 Å². The van der Waals surface area contributed by atoms with Crippen molar-refractivity contribution in [2.45, 2.75) is 6.61 Å². The molecule has 0 bridgehead atoms. The number of ether oxygens (including phenoxy) is 1. The maximum Gasteiger partial charge on any atom is 0.351 e. The molecule has 0 atom stereocenters. The Bertz CT molecular complexity index is 945. The molecule has 1 aromatic heterocycles. The van der Waals surface area contributed by atoms with Gasteiger partial charge in [0.25, 0.3) is 0 Å². The van der Waals surface area contributed by atoms with Crippen molar-refractivity contribution < 1.29 is 19.1 Å². The molecule has 0 radical (unpaired) electrons. The Hall–Kier alpha value is -2.63. The van der Waals surface area contributed by atoms with E-state index >= 15 is 0 Å². The summed E-state index contributed by atoms with van der Waals surface area (Å²) in [6.07, 6.45) is 0. The van der Waals surface area contributed by atoms with E-state index in [1.807, 2.05) is 0 Å². The van der Waals surface area contributed by atoms with Crippen LogP contribution < -0.4 is 10.4 Å². The number of hydrogen-bond acceptors (Lipinski definition) is 5. The van der Waals surface area contributed by atoms with Gasteiger partial charge < -0.3 is 14.3 Å². The third-order valence-corrected chi connectivity index (χ3v) is 3.44. The fourth-order valence-electron chi connectivity index (χ4n) is 2.11. The third-order valence-electron chi connectivity index (χ3n) is 3.21. The Labute approximate surface area is 135 Å². The van der Waals surface area contributed by atoms with Gasteiger partial charge in [0.15, 0.2) is 0 Å². The molecule has 1 heterocycles. The van der Waals surface area contributed by atoms with Crippen LogP contribution >= 0.6 is 11.6 Å². The van der Waals surface area contributed by atoms with Crippen molar-refractivity contribution in [2.24, 2.45) is 0 Å². The van der Waals surface area contributed by atoms with Gasteiger partial charge in [-0.15, -0.1) is 0 Å². The van der Waals surface area contributed by atoms with Gasteiger partial charge in [0.2, 0.25) is 0 Å². The van der Waals surface area contributed by atoms with Crippen molar-refractivity contribution in [1.29, 1.82) is 0 Å². The van der Waals surface area contributed by atoms with Crippen molar-refractivity contribution >= 4 is 28.5 Å². The molecule has 2 aromatic carbocycles. The SMILES string of the molecule is O=C(Oc1cccc(Cl)c1)c1cc2cc(CO)ccc2oc1=O. The van der Waals surface area contributed by atoms with Crippen LogP contribution in [0, 0.1) is 0 Å². The summed E-state index contributed by atoms with van der Waals surface area (Å²) in [7, 11) is 0. The molecule has 23 heavy (non-hydrogen) atoms. The van der Waals surface area contributed by atoms with E-state index in [2.05, 4.69) is 0 Å². The van der Waals surface area contributed by atoms with Gasteiger partial charge in [0.1, 0.15) is 16.9 Å². The van der Waals surface area contributed by atoms with Crippen LogP contribution in [-0.4, -0.2) is 11.1 Å². The normalized spacial score (nSPS) is 10.7. The number of halogens is 1. The average Bonchev–Trinajstić information content (AvgIpc) is 2.53. The number of esters is 1. The molecule has 5 nitrogen and oxygen atoms in total. The van der Waals surface area contributed by atoms with E-state index in [1.165, 1.54) is 12.1 Å². The summed E-state index contributed by atoms with van der Waals surface area (Å²) >= 11 is 5.82. The minimum Gasteiger partial charge on any atom is -0.423 e. The molecule has 0 unspecified atom stereocenters. The van der Waals surface area contributed by atoms with Crippen molar-refractivity contribution in [2.75, 3.05) is 0 Å². The minimum absolute atomic E-state index is 0.155. The number of aliphatic hydroxyl groups excluding tert-OH is 1. The summed E-state index contributed by atoms with van der Waals surface area (Å²) in [6, 6.07) is 12.5. The van der Waals surface area contributed by atoms with Gasteiger partial charge in [-0.3, -0.25) is 0 Å². The second-order valence-electron chi connectivity index (χ2n) is 4.82. The van der Waals surface area contributed by atoms with Crippen LogP contribution in [0.2, 0.25) is 5.02 Å². The fourth-order valence-corrected chi connectivity index (χ4v) is 2.29. The van der Waals surface area contributed by atoms with Gasteiger partial charge in [0, 0.05) is 10.4 Å². The lowest BCUT2D eigenvalue weighted by molar-refractivity contribution is 0.0730. The Balaban J connectivity index is 1.99. The van der Waals surface area contributed by atoms with E-state index in [0.717, 1.165) is 0 Å². The number of benzene rings is 2. The summed E-state index contributed by atoms with van der Waals surface area (Å²) in [6.45, 7) is -0.155. The lowest BCUT2D eigenvalue weighted by Gasteiger charge is -2.05. The topological polar surface area (TPSA) is 76.7 Å². The van der Waals surface area contributed by atoms with Crippen LogP contribution in [-0.2, 0) is 6.61 Å². The Kier molecular flexibility index (Phi) is 4.14. The lowest BCUT2D eigenvalue weighted by Crippen LogP contribution is -2.18. The quantitative estimate of drug-likeness (QED) is 0.453. The van der Waals surface area contributed by atoms with E-state index < -0.39 is 11.6 Å². The molecular weight excluding hydrogens is 320 g/mol. The first kappa shape index (κ1) is 15.3. The Morgan fingerprint density at radius 2 is 2.00 bits per heavy atom. The van der Waals surface area contributed by atoms with Crippen LogP contribution in [0.1, 0.15) is 15.9 Å². The predicted octanol–water partition coefficient (Wildman–Crippen LogP) is 3.16. The zero-order chi connectivity index (χ0) is 16.4. The largest absolute Gasteiger partial charge is 0.423 e. The molecule has 6 heteroatoms. The minimum atomic E-state index is -0.836. The third kappa shape index (κ3) is 3.26. The van der Waals surface area contributed by atoms with E-state index in [9.17, 15) is 9.59 Å². The molecule has 3 aromatic rings. The summed E-state index contributed by atoms with van der Waals surface area (Å²) < 4.78 is 10.2. The van der Waals surface area contributed by atoms with Crippen molar-refractivity contribution in [3.05, 3.63) is 75.1 Å². The maximum atomic E-state index is 12.2. The van der Waals surface area contributed by atoms with Crippen molar-refractivity contribution in [3.63, 3.8) is 0 Å². The van der Waals surface area contributed by atoms with Gasteiger partial charge in [0.05, 0.1) is 6.61 Å². The summed E-state index contributed by atoms with van der Waals surface area (Å²) in [5, 5.41) is 10.1.